The van der Waals surface area contributed by atoms with Crippen LogP contribution in [0.2, 0.25) is 0 Å². The van der Waals surface area contributed by atoms with Gasteiger partial charge in [-0.1, -0.05) is 44.2 Å². The Labute approximate surface area is 119 Å². The minimum absolute atomic E-state index is 0.528. The van der Waals surface area contributed by atoms with E-state index in [0.29, 0.717) is 19.3 Å². The quantitative estimate of drug-likeness (QED) is 0.825. The SMILES string of the molecule is CC(C)NCc1ccc(COCc2ccccc2)s1. The molecule has 2 aromatic rings. The van der Waals surface area contributed by atoms with E-state index in [-0.39, 0.29) is 0 Å². The van der Waals surface area contributed by atoms with Gasteiger partial charge in [0.25, 0.3) is 0 Å². The van der Waals surface area contributed by atoms with Crippen molar-refractivity contribution < 1.29 is 4.74 Å². The fourth-order valence-corrected chi connectivity index (χ4v) is 2.65. The van der Waals surface area contributed by atoms with E-state index in [1.165, 1.54) is 15.3 Å². The molecule has 1 N–H and O–H groups in total. The lowest BCUT2D eigenvalue weighted by molar-refractivity contribution is 0.109. The number of hydrogen-bond acceptors (Lipinski definition) is 3. The van der Waals surface area contributed by atoms with Crippen LogP contribution in [0.15, 0.2) is 42.5 Å². The first-order valence-electron chi connectivity index (χ1n) is 6.66. The van der Waals surface area contributed by atoms with Crippen molar-refractivity contribution in [2.24, 2.45) is 0 Å². The van der Waals surface area contributed by atoms with Crippen LogP contribution in [0.4, 0.5) is 0 Å². The third-order valence-corrected chi connectivity index (χ3v) is 3.82. The maximum atomic E-state index is 5.73. The second-order valence-electron chi connectivity index (χ2n) is 4.88. The normalized spacial score (nSPS) is 11.1. The highest BCUT2D eigenvalue weighted by Crippen LogP contribution is 2.18. The average molecular weight is 275 g/mol. The highest BCUT2D eigenvalue weighted by atomic mass is 32.1. The molecule has 1 aromatic carbocycles. The summed E-state index contributed by atoms with van der Waals surface area (Å²) in [6.07, 6.45) is 0. The third kappa shape index (κ3) is 5.15. The molecule has 0 spiro atoms. The lowest BCUT2D eigenvalue weighted by Crippen LogP contribution is -2.21. The second-order valence-corrected chi connectivity index (χ2v) is 6.13. The molecule has 2 nitrogen and oxygen atoms in total. The second kappa shape index (κ2) is 7.43. The lowest BCUT2D eigenvalue weighted by atomic mass is 10.2. The molecule has 0 radical (unpaired) electrons. The zero-order valence-corrected chi connectivity index (χ0v) is 12.4. The van der Waals surface area contributed by atoms with Gasteiger partial charge in [-0.25, -0.2) is 0 Å². The van der Waals surface area contributed by atoms with Gasteiger partial charge in [0.15, 0.2) is 0 Å². The summed E-state index contributed by atoms with van der Waals surface area (Å²) in [4.78, 5) is 2.66. The van der Waals surface area contributed by atoms with Crippen LogP contribution in [0.3, 0.4) is 0 Å². The molecular formula is C16H21NOS. The Morgan fingerprint density at radius 3 is 2.47 bits per heavy atom. The van der Waals surface area contributed by atoms with Gasteiger partial charge in [0.2, 0.25) is 0 Å². The van der Waals surface area contributed by atoms with E-state index in [0.717, 1.165) is 6.54 Å². The van der Waals surface area contributed by atoms with Gasteiger partial charge in [0.05, 0.1) is 13.2 Å². The Morgan fingerprint density at radius 1 is 1.00 bits per heavy atom. The zero-order chi connectivity index (χ0) is 13.5. The summed E-state index contributed by atoms with van der Waals surface area (Å²) in [7, 11) is 0. The first-order chi connectivity index (χ1) is 9.24. The van der Waals surface area contributed by atoms with Crippen LogP contribution in [0, 0.1) is 0 Å². The smallest absolute Gasteiger partial charge is 0.0814 e. The van der Waals surface area contributed by atoms with Gasteiger partial charge >= 0.3 is 0 Å². The fraction of sp³-hybridized carbons (Fsp3) is 0.375. The van der Waals surface area contributed by atoms with Gasteiger partial charge < -0.3 is 10.1 Å². The van der Waals surface area contributed by atoms with Gasteiger partial charge in [-0.3, -0.25) is 0 Å². The minimum atomic E-state index is 0.528. The van der Waals surface area contributed by atoms with Crippen LogP contribution < -0.4 is 5.32 Å². The fourth-order valence-electron chi connectivity index (χ4n) is 1.74. The van der Waals surface area contributed by atoms with Crippen molar-refractivity contribution >= 4 is 11.3 Å². The van der Waals surface area contributed by atoms with E-state index in [4.69, 9.17) is 4.74 Å². The number of hydrogen-bond donors (Lipinski definition) is 1. The predicted molar refractivity (Wildman–Crippen MR) is 81.2 cm³/mol. The zero-order valence-electron chi connectivity index (χ0n) is 11.6. The van der Waals surface area contributed by atoms with Crippen molar-refractivity contribution in [1.82, 2.24) is 5.32 Å². The molecule has 0 bridgehead atoms. The van der Waals surface area contributed by atoms with Crippen molar-refractivity contribution in [1.29, 1.82) is 0 Å². The van der Waals surface area contributed by atoms with Gasteiger partial charge in [0, 0.05) is 22.3 Å². The van der Waals surface area contributed by atoms with Crippen LogP contribution in [-0.4, -0.2) is 6.04 Å². The van der Waals surface area contributed by atoms with Gasteiger partial charge in [-0.2, -0.15) is 0 Å². The molecular weight excluding hydrogens is 254 g/mol. The molecule has 0 atom stereocenters. The molecule has 1 aromatic heterocycles. The molecule has 0 fully saturated rings. The lowest BCUT2D eigenvalue weighted by Gasteiger charge is -2.05. The van der Waals surface area contributed by atoms with E-state index in [1.54, 1.807) is 0 Å². The maximum Gasteiger partial charge on any atom is 0.0814 e. The highest BCUT2D eigenvalue weighted by Gasteiger charge is 2.01. The Balaban J connectivity index is 1.74. The topological polar surface area (TPSA) is 21.3 Å². The molecule has 0 unspecified atom stereocenters. The number of nitrogens with one attached hydrogen (secondary N) is 1. The molecule has 0 aliphatic rings. The highest BCUT2D eigenvalue weighted by molar-refractivity contribution is 7.11. The Kier molecular flexibility index (Phi) is 5.58. The van der Waals surface area contributed by atoms with E-state index in [9.17, 15) is 0 Å². The van der Waals surface area contributed by atoms with Gasteiger partial charge in [-0.05, 0) is 17.7 Å². The Hall–Kier alpha value is -1.16. The van der Waals surface area contributed by atoms with Crippen molar-refractivity contribution in [2.45, 2.75) is 39.6 Å². The summed E-state index contributed by atoms with van der Waals surface area (Å²) in [5.41, 5.74) is 1.22. The Morgan fingerprint density at radius 2 is 1.74 bits per heavy atom. The first kappa shape index (κ1) is 14.3. The van der Waals surface area contributed by atoms with Crippen molar-refractivity contribution in [3.05, 3.63) is 57.8 Å². The molecule has 0 aliphatic carbocycles. The summed E-state index contributed by atoms with van der Waals surface area (Å²) >= 11 is 1.82. The van der Waals surface area contributed by atoms with Crippen LogP contribution in [-0.2, 0) is 24.5 Å². The summed E-state index contributed by atoms with van der Waals surface area (Å²) in [5.74, 6) is 0. The molecule has 19 heavy (non-hydrogen) atoms. The summed E-state index contributed by atoms with van der Waals surface area (Å²) < 4.78 is 5.73. The number of ether oxygens (including phenoxy) is 1. The molecule has 0 aliphatic heterocycles. The summed E-state index contributed by atoms with van der Waals surface area (Å²) in [5, 5.41) is 3.43. The van der Waals surface area contributed by atoms with E-state index >= 15 is 0 Å². The molecule has 3 heteroatoms. The Bertz CT molecular complexity index is 479. The summed E-state index contributed by atoms with van der Waals surface area (Å²) in [6.45, 7) is 6.65. The van der Waals surface area contributed by atoms with E-state index < -0.39 is 0 Å². The van der Waals surface area contributed by atoms with Crippen molar-refractivity contribution in [3.8, 4) is 0 Å². The van der Waals surface area contributed by atoms with Gasteiger partial charge in [-0.15, -0.1) is 11.3 Å². The average Bonchev–Trinajstić information content (AvgIpc) is 2.86. The number of benzene rings is 1. The standard InChI is InChI=1S/C16H21NOS/c1-13(2)17-10-15-8-9-16(19-15)12-18-11-14-6-4-3-5-7-14/h3-9,13,17H,10-12H2,1-2H3. The molecule has 0 amide bonds. The van der Waals surface area contributed by atoms with E-state index in [1.807, 2.05) is 29.5 Å². The molecule has 0 saturated heterocycles. The van der Waals surface area contributed by atoms with Gasteiger partial charge in [0.1, 0.15) is 0 Å². The number of thiophene rings is 1. The first-order valence-corrected chi connectivity index (χ1v) is 7.48. The number of rotatable bonds is 7. The molecule has 1 heterocycles. The van der Waals surface area contributed by atoms with Crippen molar-refractivity contribution in [2.75, 3.05) is 0 Å². The van der Waals surface area contributed by atoms with Crippen LogP contribution in [0.25, 0.3) is 0 Å². The summed E-state index contributed by atoms with van der Waals surface area (Å²) in [6, 6.07) is 15.2. The predicted octanol–water partition coefficient (Wildman–Crippen LogP) is 3.96. The minimum Gasteiger partial charge on any atom is -0.371 e. The molecule has 2 rings (SSSR count). The van der Waals surface area contributed by atoms with Crippen molar-refractivity contribution in [3.63, 3.8) is 0 Å². The molecule has 102 valence electrons. The van der Waals surface area contributed by atoms with Crippen LogP contribution >= 0.6 is 11.3 Å². The van der Waals surface area contributed by atoms with E-state index in [2.05, 4.69) is 43.4 Å². The molecule has 0 saturated carbocycles. The van der Waals surface area contributed by atoms with Crippen LogP contribution in [0.1, 0.15) is 29.2 Å². The van der Waals surface area contributed by atoms with Crippen LogP contribution in [0.5, 0.6) is 0 Å². The maximum absolute atomic E-state index is 5.73. The third-order valence-electron chi connectivity index (χ3n) is 2.76. The monoisotopic (exact) mass is 275 g/mol. The largest absolute Gasteiger partial charge is 0.371 e.